The summed E-state index contributed by atoms with van der Waals surface area (Å²) >= 11 is 0. The fourth-order valence-electron chi connectivity index (χ4n) is 3.25. The molecule has 1 N–H and O–H groups in total. The van der Waals surface area contributed by atoms with E-state index < -0.39 is 5.97 Å². The molecule has 1 aliphatic carbocycles. The number of ether oxygens (including phenoxy) is 3. The third-order valence-corrected chi connectivity index (χ3v) is 4.86. The normalized spacial score (nSPS) is 19.2. The molecule has 6 heteroatoms. The maximum absolute atomic E-state index is 12.0. The summed E-state index contributed by atoms with van der Waals surface area (Å²) in [6, 6.07) is 5.59. The van der Waals surface area contributed by atoms with Gasteiger partial charge in [0.05, 0.1) is 13.7 Å². The van der Waals surface area contributed by atoms with Gasteiger partial charge in [0.15, 0.2) is 18.1 Å². The van der Waals surface area contributed by atoms with Gasteiger partial charge in [0.25, 0.3) is 5.91 Å². The van der Waals surface area contributed by atoms with Crippen LogP contribution in [0.25, 0.3) is 6.08 Å². The van der Waals surface area contributed by atoms with E-state index in [4.69, 9.17) is 14.2 Å². The van der Waals surface area contributed by atoms with E-state index in [1.807, 2.05) is 13.0 Å². The van der Waals surface area contributed by atoms with Crippen molar-refractivity contribution in [3.63, 3.8) is 0 Å². The quantitative estimate of drug-likeness (QED) is 0.514. The van der Waals surface area contributed by atoms with Crippen molar-refractivity contribution in [3.8, 4) is 11.5 Å². The van der Waals surface area contributed by atoms with Crippen molar-refractivity contribution in [2.75, 3.05) is 20.3 Å². The van der Waals surface area contributed by atoms with Crippen LogP contribution in [0.3, 0.4) is 0 Å². The van der Waals surface area contributed by atoms with Crippen LogP contribution in [0.4, 0.5) is 0 Å². The lowest BCUT2D eigenvalue weighted by atomic mass is 9.86. The molecular formula is C22H31NO5. The first-order chi connectivity index (χ1) is 13.5. The fraction of sp³-hybridized carbons (Fsp3) is 0.545. The summed E-state index contributed by atoms with van der Waals surface area (Å²) in [5.74, 6) is 0.923. The smallest absolute Gasteiger partial charge is 0.331 e. The Balaban J connectivity index is 1.81. The zero-order valence-electron chi connectivity index (χ0n) is 17.0. The lowest BCUT2D eigenvalue weighted by Crippen LogP contribution is -2.42. The molecule has 0 unspecified atom stereocenters. The van der Waals surface area contributed by atoms with Crippen LogP contribution in [0.5, 0.6) is 11.5 Å². The molecule has 2 rings (SSSR count). The molecule has 0 heterocycles. The number of benzene rings is 1. The molecule has 0 aromatic heterocycles. The summed E-state index contributed by atoms with van der Waals surface area (Å²) in [5, 5.41) is 2.97. The highest BCUT2D eigenvalue weighted by molar-refractivity contribution is 5.89. The summed E-state index contributed by atoms with van der Waals surface area (Å²) in [6.45, 7) is 4.52. The largest absolute Gasteiger partial charge is 0.493 e. The number of amides is 1. The lowest BCUT2D eigenvalue weighted by Gasteiger charge is -2.29. The van der Waals surface area contributed by atoms with Crippen molar-refractivity contribution in [2.24, 2.45) is 5.92 Å². The van der Waals surface area contributed by atoms with Gasteiger partial charge in [-0.25, -0.2) is 4.79 Å². The van der Waals surface area contributed by atoms with Gasteiger partial charge in [-0.05, 0) is 49.0 Å². The molecule has 0 radical (unpaired) electrons. The Hall–Kier alpha value is -2.50. The molecule has 0 aliphatic heterocycles. The second kappa shape index (κ2) is 11.4. The Labute approximate surface area is 167 Å². The number of hydrogen-bond donors (Lipinski definition) is 1. The van der Waals surface area contributed by atoms with E-state index in [2.05, 4.69) is 12.2 Å². The van der Waals surface area contributed by atoms with Crippen molar-refractivity contribution in [3.05, 3.63) is 29.8 Å². The van der Waals surface area contributed by atoms with E-state index in [0.29, 0.717) is 24.0 Å². The number of rotatable bonds is 9. The second-order valence-corrected chi connectivity index (χ2v) is 7.14. The molecule has 2 atom stereocenters. The van der Waals surface area contributed by atoms with E-state index in [9.17, 15) is 9.59 Å². The van der Waals surface area contributed by atoms with Crippen LogP contribution < -0.4 is 14.8 Å². The van der Waals surface area contributed by atoms with E-state index in [1.165, 1.54) is 12.5 Å². The summed E-state index contributed by atoms with van der Waals surface area (Å²) in [5.41, 5.74) is 0.776. The number of esters is 1. The molecule has 1 aliphatic rings. The Bertz CT molecular complexity index is 686. The predicted molar refractivity (Wildman–Crippen MR) is 108 cm³/mol. The molecule has 28 heavy (non-hydrogen) atoms. The van der Waals surface area contributed by atoms with E-state index >= 15 is 0 Å². The van der Waals surface area contributed by atoms with Gasteiger partial charge in [-0.2, -0.15) is 0 Å². The van der Waals surface area contributed by atoms with Gasteiger partial charge < -0.3 is 19.5 Å². The number of hydrogen-bond acceptors (Lipinski definition) is 5. The Kier molecular flexibility index (Phi) is 8.85. The molecule has 0 bridgehead atoms. The SMILES string of the molecule is CCCOc1ccc(/C=C/C(=O)OCC(=O)N[C@H]2CCCC[C@@H]2C)cc1OC. The van der Waals surface area contributed by atoms with Crippen LogP contribution in [-0.4, -0.2) is 38.2 Å². The van der Waals surface area contributed by atoms with Gasteiger partial charge in [-0.15, -0.1) is 0 Å². The first-order valence-electron chi connectivity index (χ1n) is 9.98. The average Bonchev–Trinajstić information content (AvgIpc) is 2.71. The fourth-order valence-corrected chi connectivity index (χ4v) is 3.25. The topological polar surface area (TPSA) is 73.9 Å². The van der Waals surface area contributed by atoms with Crippen molar-refractivity contribution in [1.29, 1.82) is 0 Å². The van der Waals surface area contributed by atoms with Crippen molar-refractivity contribution in [1.82, 2.24) is 5.32 Å². The van der Waals surface area contributed by atoms with Crippen LogP contribution in [0.2, 0.25) is 0 Å². The summed E-state index contributed by atoms with van der Waals surface area (Å²) in [6.07, 6.45) is 8.28. The minimum Gasteiger partial charge on any atom is -0.493 e. The van der Waals surface area contributed by atoms with Gasteiger partial charge in [0.2, 0.25) is 0 Å². The van der Waals surface area contributed by atoms with Crippen LogP contribution in [-0.2, 0) is 14.3 Å². The number of methoxy groups -OCH3 is 1. The first kappa shape index (κ1) is 21.8. The molecule has 0 spiro atoms. The monoisotopic (exact) mass is 389 g/mol. The van der Waals surface area contributed by atoms with E-state index in [0.717, 1.165) is 31.2 Å². The lowest BCUT2D eigenvalue weighted by molar-refractivity contribution is -0.144. The van der Waals surface area contributed by atoms with Gasteiger partial charge in [-0.1, -0.05) is 32.8 Å². The summed E-state index contributed by atoms with van der Waals surface area (Å²) in [4.78, 5) is 23.9. The van der Waals surface area contributed by atoms with Crippen molar-refractivity contribution < 1.29 is 23.8 Å². The summed E-state index contributed by atoms with van der Waals surface area (Å²) < 4.78 is 16.0. The standard InChI is InChI=1S/C22H31NO5/c1-4-13-27-19-11-9-17(14-20(19)26-3)10-12-22(25)28-15-21(24)23-18-8-6-5-7-16(18)2/h9-12,14,16,18H,4-8,13,15H2,1-3H3,(H,23,24)/b12-10+/t16-,18-/m0/s1. The molecule has 1 saturated carbocycles. The molecule has 1 fully saturated rings. The van der Waals surface area contributed by atoms with Crippen LogP contribution in [0.15, 0.2) is 24.3 Å². The molecule has 6 nitrogen and oxygen atoms in total. The highest BCUT2D eigenvalue weighted by Crippen LogP contribution is 2.28. The number of nitrogens with one attached hydrogen (secondary N) is 1. The minimum atomic E-state index is -0.558. The highest BCUT2D eigenvalue weighted by Gasteiger charge is 2.22. The Morgan fingerprint density at radius 1 is 1.21 bits per heavy atom. The zero-order chi connectivity index (χ0) is 20.4. The number of carbonyl (C=O) groups is 2. The molecule has 1 amide bonds. The number of carbonyl (C=O) groups excluding carboxylic acids is 2. The molecule has 0 saturated heterocycles. The van der Waals surface area contributed by atoms with Gasteiger partial charge in [0.1, 0.15) is 0 Å². The van der Waals surface area contributed by atoms with Crippen LogP contribution >= 0.6 is 0 Å². The van der Waals surface area contributed by atoms with Gasteiger partial charge >= 0.3 is 5.97 Å². The van der Waals surface area contributed by atoms with Gasteiger partial charge in [0, 0.05) is 12.1 Å². The maximum Gasteiger partial charge on any atom is 0.331 e. The summed E-state index contributed by atoms with van der Waals surface area (Å²) in [7, 11) is 1.57. The van der Waals surface area contributed by atoms with E-state index in [-0.39, 0.29) is 18.6 Å². The minimum absolute atomic E-state index is 0.177. The highest BCUT2D eigenvalue weighted by atomic mass is 16.5. The predicted octanol–water partition coefficient (Wildman–Crippen LogP) is 3.74. The maximum atomic E-state index is 12.0. The third-order valence-electron chi connectivity index (χ3n) is 4.86. The van der Waals surface area contributed by atoms with Crippen LogP contribution in [0.1, 0.15) is 51.5 Å². The average molecular weight is 389 g/mol. The third kappa shape index (κ3) is 6.91. The first-order valence-corrected chi connectivity index (χ1v) is 9.98. The van der Waals surface area contributed by atoms with E-state index in [1.54, 1.807) is 25.3 Å². The Morgan fingerprint density at radius 2 is 2.00 bits per heavy atom. The van der Waals surface area contributed by atoms with Gasteiger partial charge in [-0.3, -0.25) is 4.79 Å². The molecule has 1 aromatic rings. The molecule has 1 aromatic carbocycles. The molecular weight excluding hydrogens is 358 g/mol. The molecule has 154 valence electrons. The van der Waals surface area contributed by atoms with Crippen molar-refractivity contribution >= 4 is 18.0 Å². The van der Waals surface area contributed by atoms with Crippen LogP contribution in [0, 0.1) is 5.92 Å². The second-order valence-electron chi connectivity index (χ2n) is 7.14. The Morgan fingerprint density at radius 3 is 2.71 bits per heavy atom. The van der Waals surface area contributed by atoms with Crippen molar-refractivity contribution in [2.45, 2.75) is 52.0 Å². The zero-order valence-corrected chi connectivity index (χ0v) is 17.0.